The molecule has 3 saturated heterocycles. The van der Waals surface area contributed by atoms with Gasteiger partial charge in [0, 0.05) is 0 Å². The van der Waals surface area contributed by atoms with Crippen molar-refractivity contribution in [3.63, 3.8) is 0 Å². The summed E-state index contributed by atoms with van der Waals surface area (Å²) < 4.78 is 37.9. The Bertz CT molecular complexity index is 1730. The summed E-state index contributed by atoms with van der Waals surface area (Å²) in [5, 5.41) is 142. The number of hydrogen-bond acceptors (Lipinski definition) is 19. The average Bonchev–Trinajstić information content (AvgIpc) is 3.67. The molecule has 4 aliphatic carbocycles. The molecule has 3 aliphatic heterocycles. The lowest BCUT2D eigenvalue weighted by Gasteiger charge is -2.72. The molecular weight excluding hydrogens is 893 g/mol. The van der Waals surface area contributed by atoms with Gasteiger partial charge in [-0.15, -0.1) is 0 Å². The number of fused-ring (bicyclic) bond motifs is 5. The Morgan fingerprint density at radius 2 is 1.19 bits per heavy atom. The lowest BCUT2D eigenvalue weighted by atomic mass is 9.34. The molecule has 7 rings (SSSR count). The fourth-order valence-electron chi connectivity index (χ4n) is 15.1. The summed E-state index contributed by atoms with van der Waals surface area (Å²) in [6, 6.07) is 0. The minimum absolute atomic E-state index is 0.108. The van der Waals surface area contributed by atoms with Gasteiger partial charge in [0.25, 0.3) is 0 Å². The summed E-state index contributed by atoms with van der Waals surface area (Å²) in [5.74, 6) is -1.20. The van der Waals surface area contributed by atoms with Crippen molar-refractivity contribution in [1.82, 2.24) is 0 Å². The summed E-state index contributed by atoms with van der Waals surface area (Å²) in [6.45, 7) is 14.5. The Balaban J connectivity index is 1.26. The maximum atomic E-state index is 12.8. The average molecular weight is 977 g/mol. The van der Waals surface area contributed by atoms with Gasteiger partial charge in [-0.05, 0) is 124 Å². The second-order valence-corrected chi connectivity index (χ2v) is 23.4. The van der Waals surface area contributed by atoms with E-state index in [0.717, 1.165) is 12.0 Å². The zero-order valence-electron chi connectivity index (χ0n) is 41.0. The fraction of sp³-hybridized carbons (Fsp3) is 0.959. The van der Waals surface area contributed by atoms with Crippen molar-refractivity contribution in [3.8, 4) is 0 Å². The molecule has 394 valence electrons. The molecule has 0 aromatic heterocycles. The molecule has 0 aromatic rings. The van der Waals surface area contributed by atoms with E-state index >= 15 is 0 Å². The van der Waals surface area contributed by atoms with Crippen LogP contribution in [0.2, 0.25) is 0 Å². The smallest absolute Gasteiger partial charge is 0.187 e. The summed E-state index contributed by atoms with van der Waals surface area (Å²) in [5.41, 5.74) is -2.48. The van der Waals surface area contributed by atoms with Crippen molar-refractivity contribution in [2.24, 2.45) is 45.3 Å². The molecule has 19 nitrogen and oxygen atoms in total. The van der Waals surface area contributed by atoms with Gasteiger partial charge in [-0.25, -0.2) is 0 Å². The third-order valence-electron chi connectivity index (χ3n) is 19.0. The number of hydrogen-bond donors (Lipinski definition) is 13. The van der Waals surface area contributed by atoms with Crippen LogP contribution in [0.4, 0.5) is 0 Å². The van der Waals surface area contributed by atoms with E-state index in [-0.39, 0.29) is 17.8 Å². The molecule has 0 aromatic carbocycles. The molecule has 7 aliphatic rings. The molecule has 0 amide bonds. The number of ether oxygens (including phenoxy) is 6. The summed E-state index contributed by atoms with van der Waals surface area (Å²) in [6.07, 6.45) is -19.0. The minimum Gasteiger partial charge on any atom is -0.394 e. The third-order valence-corrected chi connectivity index (χ3v) is 19.0. The van der Waals surface area contributed by atoms with Crippen LogP contribution in [0.1, 0.15) is 113 Å². The molecule has 0 spiro atoms. The Labute approximate surface area is 400 Å². The van der Waals surface area contributed by atoms with E-state index in [1.165, 1.54) is 0 Å². The van der Waals surface area contributed by atoms with Gasteiger partial charge >= 0.3 is 0 Å². The molecule has 19 heteroatoms. The predicted molar refractivity (Wildman–Crippen MR) is 240 cm³/mol. The summed E-state index contributed by atoms with van der Waals surface area (Å²) >= 11 is 0. The van der Waals surface area contributed by atoms with Gasteiger partial charge < -0.3 is 94.8 Å². The molecular formula is C49H84O19. The first-order chi connectivity index (χ1) is 31.8. The second-order valence-electron chi connectivity index (χ2n) is 23.4. The van der Waals surface area contributed by atoms with Crippen LogP contribution in [0, 0.1) is 45.3 Å². The summed E-state index contributed by atoms with van der Waals surface area (Å²) in [7, 11) is 0. The van der Waals surface area contributed by atoms with Crippen LogP contribution in [0.3, 0.4) is 0 Å². The molecule has 13 N–H and O–H groups in total. The van der Waals surface area contributed by atoms with Gasteiger partial charge in [0.05, 0.1) is 43.7 Å². The van der Waals surface area contributed by atoms with E-state index in [0.29, 0.717) is 51.4 Å². The molecule has 3 heterocycles. The zero-order valence-corrected chi connectivity index (χ0v) is 41.0. The first kappa shape index (κ1) is 54.7. The first-order valence-corrected chi connectivity index (χ1v) is 25.0. The van der Waals surface area contributed by atoms with E-state index in [2.05, 4.69) is 26.8 Å². The number of aliphatic hydroxyl groups is 13. The molecule has 68 heavy (non-hydrogen) atoms. The predicted octanol–water partition coefficient (Wildman–Crippen LogP) is -0.666. The van der Waals surface area contributed by atoms with Gasteiger partial charge in [0.1, 0.15) is 73.2 Å². The number of allylic oxidation sites excluding steroid dienone is 2. The molecule has 26 atom stereocenters. The van der Waals surface area contributed by atoms with E-state index in [1.807, 2.05) is 34.6 Å². The Morgan fingerprint density at radius 3 is 1.76 bits per heavy atom. The maximum absolute atomic E-state index is 12.8. The molecule has 4 saturated carbocycles. The van der Waals surface area contributed by atoms with Crippen LogP contribution in [-0.2, 0) is 28.4 Å². The Kier molecular flexibility index (Phi) is 16.4. The molecule has 0 radical (unpaired) electrons. The highest BCUT2D eigenvalue weighted by atomic mass is 16.8. The van der Waals surface area contributed by atoms with Crippen molar-refractivity contribution in [2.75, 3.05) is 19.8 Å². The number of aliphatic hydroxyl groups excluding tert-OH is 13. The van der Waals surface area contributed by atoms with Crippen LogP contribution >= 0.6 is 0 Å². The van der Waals surface area contributed by atoms with E-state index in [9.17, 15) is 66.4 Å². The normalized spacial score (nSPS) is 52.3. The zero-order chi connectivity index (χ0) is 50.2. The van der Waals surface area contributed by atoms with Gasteiger partial charge in [-0.1, -0.05) is 46.3 Å². The minimum atomic E-state index is -1.86. The highest BCUT2D eigenvalue weighted by molar-refractivity contribution is 5.22. The monoisotopic (exact) mass is 977 g/mol. The first-order valence-electron chi connectivity index (χ1n) is 25.0. The Morgan fingerprint density at radius 1 is 0.647 bits per heavy atom. The van der Waals surface area contributed by atoms with Gasteiger partial charge in [0.15, 0.2) is 18.9 Å². The Hall–Kier alpha value is -1.02. The molecule has 7 fully saturated rings. The lowest BCUT2D eigenvalue weighted by Crippen LogP contribution is -2.71. The van der Waals surface area contributed by atoms with E-state index in [1.54, 1.807) is 0 Å². The van der Waals surface area contributed by atoms with Crippen LogP contribution in [-0.4, -0.2) is 202 Å². The van der Waals surface area contributed by atoms with Crippen LogP contribution in [0.5, 0.6) is 0 Å². The van der Waals surface area contributed by atoms with Gasteiger partial charge in [-0.3, -0.25) is 0 Å². The number of rotatable bonds is 14. The number of unbranched alkanes of at least 4 members (excludes halogenated alkanes) is 1. The molecule has 0 bridgehead atoms. The highest BCUT2D eigenvalue weighted by Crippen LogP contribution is 2.76. The standard InChI is InChI=1S/C49H84O19/c1-22(2)11-9-10-14-49(8,68-43-39(62)36(59)33(56)27(20-51)65-43)23-12-16-47(6)31(23)24(53)17-29-46(5)15-13-30(54)45(3,4)41(46)25(18-48(29,47)7)63-44-40(37(60)34(57)28(21-52)66-44)67-42-38(61)35(58)32(55)26(19-50)64-42/h11,23-44,50-62H,9-10,12-21H2,1-8H3. The largest absolute Gasteiger partial charge is 0.394 e. The fourth-order valence-corrected chi connectivity index (χ4v) is 15.1. The van der Waals surface area contributed by atoms with Crippen molar-refractivity contribution in [1.29, 1.82) is 0 Å². The van der Waals surface area contributed by atoms with Crippen molar-refractivity contribution < 1.29 is 94.8 Å². The van der Waals surface area contributed by atoms with Crippen molar-refractivity contribution in [2.45, 2.75) is 229 Å². The SMILES string of the molecule is CC(C)=CCCCC(C)(OC1OC(CO)C(O)C(O)C1O)C1CCC2(C)C1C(O)CC1C3(C)CCC(O)C(C)(C)C3C(OC3OC(CO)C(O)C(O)C3OC3OC(CO)C(O)C(O)C3O)CC12C. The highest BCUT2D eigenvalue weighted by Gasteiger charge is 2.74. The quantitative estimate of drug-likeness (QED) is 0.0584. The molecule has 26 unspecified atom stereocenters. The summed E-state index contributed by atoms with van der Waals surface area (Å²) in [4.78, 5) is 0. The van der Waals surface area contributed by atoms with Crippen molar-refractivity contribution in [3.05, 3.63) is 11.6 Å². The van der Waals surface area contributed by atoms with Gasteiger partial charge in [-0.2, -0.15) is 0 Å². The van der Waals surface area contributed by atoms with Gasteiger partial charge in [0.2, 0.25) is 0 Å². The third kappa shape index (κ3) is 9.21. The lowest BCUT2D eigenvalue weighted by molar-refractivity contribution is -0.383. The van der Waals surface area contributed by atoms with Crippen molar-refractivity contribution >= 4 is 0 Å². The van der Waals surface area contributed by atoms with E-state index in [4.69, 9.17) is 28.4 Å². The van der Waals surface area contributed by atoms with Crippen LogP contribution in [0.25, 0.3) is 0 Å². The maximum Gasteiger partial charge on any atom is 0.187 e. The topological polar surface area (TPSA) is 318 Å². The second kappa shape index (κ2) is 20.4. The van der Waals surface area contributed by atoms with Crippen LogP contribution < -0.4 is 0 Å². The van der Waals surface area contributed by atoms with E-state index < -0.39 is 163 Å². The van der Waals surface area contributed by atoms with Crippen LogP contribution in [0.15, 0.2) is 11.6 Å².